The van der Waals surface area contributed by atoms with Gasteiger partial charge in [0.05, 0.1) is 18.3 Å². The maximum absolute atomic E-state index is 13.3. The Kier molecular flexibility index (Phi) is 5.71. The van der Waals surface area contributed by atoms with E-state index in [2.05, 4.69) is 22.5 Å². The Morgan fingerprint density at radius 3 is 2.58 bits per heavy atom. The minimum atomic E-state index is -1.21. The maximum atomic E-state index is 13.3. The largest absolute Gasteiger partial charge is 0.456 e. The average molecular weight is 440 g/mol. The molecule has 1 aliphatic heterocycles. The number of aromatic nitrogens is 2. The zero-order valence-electron chi connectivity index (χ0n) is 18.3. The van der Waals surface area contributed by atoms with E-state index >= 15 is 0 Å². The second-order valence-electron chi connectivity index (χ2n) is 7.36. The first kappa shape index (κ1) is 21.3. The Hall–Kier alpha value is -2.93. The van der Waals surface area contributed by atoms with E-state index in [1.165, 1.54) is 12.1 Å². The molecule has 7 heteroatoms. The number of hydrogen-bond donors (Lipinski definition) is 0. The summed E-state index contributed by atoms with van der Waals surface area (Å²) in [6.07, 6.45) is 5.42. The molecule has 0 radical (unpaired) electrons. The molecule has 0 aliphatic carbocycles. The normalized spacial score (nSPS) is 16.2. The predicted octanol–water partition coefficient (Wildman–Crippen LogP) is 5.99. The summed E-state index contributed by atoms with van der Waals surface area (Å²) in [6.45, 7) is 8.59. The molecule has 1 aliphatic rings. The molecule has 0 fully saturated rings. The van der Waals surface area contributed by atoms with Crippen molar-refractivity contribution in [3.05, 3.63) is 71.6 Å². The number of furan rings is 1. The highest BCUT2D eigenvalue weighted by Gasteiger charge is 2.28. The van der Waals surface area contributed by atoms with Gasteiger partial charge >= 0.3 is 0 Å². The number of imidazole rings is 1. The lowest BCUT2D eigenvalue weighted by Gasteiger charge is -2.22. The highest BCUT2D eigenvalue weighted by Crippen LogP contribution is 2.41. The van der Waals surface area contributed by atoms with Gasteiger partial charge in [0, 0.05) is 41.2 Å². The molecule has 4 aromatic rings. The first-order chi connectivity index (χ1) is 14.9. The van der Waals surface area contributed by atoms with Crippen molar-refractivity contribution in [1.82, 2.24) is 9.55 Å². The molecule has 3 heterocycles. The Morgan fingerprint density at radius 1 is 1.19 bits per heavy atom. The van der Waals surface area contributed by atoms with Crippen molar-refractivity contribution >= 4 is 27.6 Å². The van der Waals surface area contributed by atoms with Crippen LogP contribution < -0.4 is 4.31 Å². The second-order valence-corrected chi connectivity index (χ2v) is 8.65. The van der Waals surface area contributed by atoms with Crippen LogP contribution in [0.1, 0.15) is 43.8 Å². The number of halogens is 1. The molecular weight excluding hydrogens is 413 g/mol. The Labute approximate surface area is 184 Å². The topological polar surface area (TPSA) is 51.3 Å². The third-order valence-corrected chi connectivity index (χ3v) is 6.62. The van der Waals surface area contributed by atoms with Crippen molar-refractivity contribution in [3.8, 4) is 11.3 Å². The van der Waals surface area contributed by atoms with Crippen molar-refractivity contribution in [2.45, 2.75) is 40.3 Å². The Morgan fingerprint density at radius 2 is 1.90 bits per heavy atom. The maximum Gasteiger partial charge on any atom is 0.138 e. The summed E-state index contributed by atoms with van der Waals surface area (Å²) < 4.78 is 36.0. The molecule has 5 nitrogen and oxygen atoms in total. The quantitative estimate of drug-likeness (QED) is 0.385. The molecule has 2 aromatic heterocycles. The minimum Gasteiger partial charge on any atom is -0.456 e. The molecule has 2 atom stereocenters. The van der Waals surface area contributed by atoms with Gasteiger partial charge in [0.15, 0.2) is 0 Å². The molecule has 5 rings (SSSR count). The highest BCUT2D eigenvalue weighted by atomic mass is 32.2. The van der Waals surface area contributed by atoms with E-state index < -0.39 is 11.0 Å². The summed E-state index contributed by atoms with van der Waals surface area (Å²) in [5, 5.41) is 1.00. The zero-order valence-corrected chi connectivity index (χ0v) is 19.2. The molecule has 162 valence electrons. The van der Waals surface area contributed by atoms with Gasteiger partial charge in [-0.3, -0.25) is 4.31 Å². The van der Waals surface area contributed by atoms with E-state index in [4.69, 9.17) is 4.42 Å². The smallest absolute Gasteiger partial charge is 0.138 e. The molecule has 0 bridgehead atoms. The molecule has 0 amide bonds. The van der Waals surface area contributed by atoms with Gasteiger partial charge in [-0.1, -0.05) is 13.8 Å². The van der Waals surface area contributed by atoms with Crippen molar-refractivity contribution in [2.75, 3.05) is 10.6 Å². The van der Waals surface area contributed by atoms with Gasteiger partial charge in [0.1, 0.15) is 34.0 Å². The monoisotopic (exact) mass is 439 g/mol. The fourth-order valence-corrected chi connectivity index (χ4v) is 4.84. The number of nitrogens with zero attached hydrogens (tertiary/aromatic N) is 3. The van der Waals surface area contributed by atoms with E-state index in [1.54, 1.807) is 24.6 Å². The van der Waals surface area contributed by atoms with Crippen LogP contribution >= 0.6 is 0 Å². The number of anilines is 1. The number of hydrogen-bond acceptors (Lipinski definition) is 3. The lowest BCUT2D eigenvalue weighted by atomic mass is 10.0. The van der Waals surface area contributed by atoms with Crippen molar-refractivity contribution < 1.29 is 13.0 Å². The first-order valence-corrected chi connectivity index (χ1v) is 11.9. The zero-order chi connectivity index (χ0) is 22.3. The standard InChI is InChI=1S/C22H20FN3O2S.C2H6/c1-13-17-10-18-14(2)25-9-8-24-21(25)12-26(29(3)27)19(18)11-20(17)28-22(13)15-4-6-16(23)7-5-15;1-2/h4-11,14H,12H2,1-3H3;1-2H3. The number of rotatable bonds is 2. The van der Waals surface area contributed by atoms with Crippen molar-refractivity contribution in [3.63, 3.8) is 0 Å². The van der Waals surface area contributed by atoms with E-state index in [0.29, 0.717) is 6.54 Å². The van der Waals surface area contributed by atoms with Gasteiger partial charge in [0.25, 0.3) is 0 Å². The molecule has 0 spiro atoms. The van der Waals surface area contributed by atoms with Gasteiger partial charge in [-0.25, -0.2) is 13.6 Å². The van der Waals surface area contributed by atoms with Crippen LogP contribution in [0.5, 0.6) is 0 Å². The van der Waals surface area contributed by atoms with E-state index in [9.17, 15) is 8.60 Å². The van der Waals surface area contributed by atoms with Gasteiger partial charge in [-0.05, 0) is 49.7 Å². The molecule has 31 heavy (non-hydrogen) atoms. The predicted molar refractivity (Wildman–Crippen MR) is 124 cm³/mol. The summed E-state index contributed by atoms with van der Waals surface area (Å²) in [5.74, 6) is 1.32. The Balaban J connectivity index is 0.00000112. The summed E-state index contributed by atoms with van der Waals surface area (Å²) in [5.41, 5.74) is 4.51. The summed E-state index contributed by atoms with van der Waals surface area (Å²) in [7, 11) is -1.21. The summed E-state index contributed by atoms with van der Waals surface area (Å²) in [6, 6.07) is 10.4. The van der Waals surface area contributed by atoms with Gasteiger partial charge in [0.2, 0.25) is 0 Å². The number of benzene rings is 2. The molecule has 0 N–H and O–H groups in total. The summed E-state index contributed by atoms with van der Waals surface area (Å²) >= 11 is 0. The van der Waals surface area contributed by atoms with Gasteiger partial charge < -0.3 is 8.98 Å². The second kappa shape index (κ2) is 8.30. The fourth-order valence-electron chi connectivity index (χ4n) is 4.11. The van der Waals surface area contributed by atoms with Crippen LogP contribution in [-0.4, -0.2) is 20.0 Å². The minimum absolute atomic E-state index is 0.0454. The van der Waals surface area contributed by atoms with Crippen LogP contribution in [0.4, 0.5) is 10.1 Å². The van der Waals surface area contributed by atoms with Crippen LogP contribution in [0.25, 0.3) is 22.3 Å². The van der Waals surface area contributed by atoms with Crippen molar-refractivity contribution in [2.24, 2.45) is 0 Å². The first-order valence-electron chi connectivity index (χ1n) is 10.4. The van der Waals surface area contributed by atoms with Crippen LogP contribution in [0.15, 0.2) is 53.2 Å². The molecular formula is C24H26FN3O2S. The summed E-state index contributed by atoms with van der Waals surface area (Å²) in [4.78, 5) is 4.45. The van der Waals surface area contributed by atoms with Crippen LogP contribution in [0.3, 0.4) is 0 Å². The van der Waals surface area contributed by atoms with Crippen molar-refractivity contribution in [1.29, 1.82) is 0 Å². The molecule has 2 aromatic carbocycles. The Bertz CT molecular complexity index is 1260. The van der Waals surface area contributed by atoms with Crippen LogP contribution in [-0.2, 0) is 17.5 Å². The highest BCUT2D eigenvalue weighted by molar-refractivity contribution is 7.85. The average Bonchev–Trinajstić information content (AvgIpc) is 3.34. The van der Waals surface area contributed by atoms with E-state index in [0.717, 1.165) is 44.9 Å². The van der Waals surface area contributed by atoms with E-state index in [1.807, 2.05) is 37.3 Å². The third kappa shape index (κ3) is 3.57. The third-order valence-electron chi connectivity index (χ3n) is 5.67. The van der Waals surface area contributed by atoms with E-state index in [-0.39, 0.29) is 11.9 Å². The van der Waals surface area contributed by atoms with Gasteiger partial charge in [-0.2, -0.15) is 0 Å². The lowest BCUT2D eigenvalue weighted by Crippen LogP contribution is -2.24. The lowest BCUT2D eigenvalue weighted by molar-refractivity contribution is 0.616. The number of fused-ring (bicyclic) bond motifs is 3. The van der Waals surface area contributed by atoms with Crippen LogP contribution in [0.2, 0.25) is 0 Å². The van der Waals surface area contributed by atoms with Crippen LogP contribution in [0, 0.1) is 12.7 Å². The van der Waals surface area contributed by atoms with Gasteiger partial charge in [-0.15, -0.1) is 0 Å². The number of aryl methyl sites for hydroxylation is 1. The SMILES string of the molecule is CC.Cc1c(-c2ccc(F)cc2)oc2cc3c(cc12)C(C)n1ccnc1CN3S(C)=O. The molecule has 2 unspecified atom stereocenters. The fraction of sp³-hybridized carbons (Fsp3) is 0.292. The molecule has 0 saturated heterocycles. The molecule has 0 saturated carbocycles.